The quantitative estimate of drug-likeness (QED) is 0.838. The van der Waals surface area contributed by atoms with Crippen molar-refractivity contribution in [2.24, 2.45) is 0 Å². The van der Waals surface area contributed by atoms with Crippen molar-refractivity contribution in [2.75, 3.05) is 12.4 Å². The molecule has 0 spiro atoms. The largest absolute Gasteiger partial charge is 0.468 e. The highest BCUT2D eigenvalue weighted by molar-refractivity contribution is 9.10. The third kappa shape index (κ3) is 4.30. The van der Waals surface area contributed by atoms with E-state index >= 15 is 0 Å². The molecule has 0 aliphatic carbocycles. The Kier molecular flexibility index (Phi) is 4.98. The number of anilines is 1. The third-order valence-electron chi connectivity index (χ3n) is 2.53. The van der Waals surface area contributed by atoms with Crippen molar-refractivity contribution in [3.63, 3.8) is 0 Å². The van der Waals surface area contributed by atoms with Gasteiger partial charge in [-0.1, -0.05) is 27.5 Å². The highest BCUT2D eigenvalue weighted by Crippen LogP contribution is 2.20. The van der Waals surface area contributed by atoms with Gasteiger partial charge in [0.2, 0.25) is 0 Å². The van der Waals surface area contributed by atoms with Gasteiger partial charge in [0, 0.05) is 21.3 Å². The van der Waals surface area contributed by atoms with E-state index < -0.39 is 5.97 Å². The van der Waals surface area contributed by atoms with Crippen LogP contribution in [-0.2, 0) is 16.1 Å². The topological polar surface area (TPSA) is 73.2 Å². The molecule has 6 nitrogen and oxygen atoms in total. The first kappa shape index (κ1) is 15.5. The summed E-state index contributed by atoms with van der Waals surface area (Å²) >= 11 is 9.17. The van der Waals surface area contributed by atoms with Gasteiger partial charge in [0.1, 0.15) is 6.54 Å². The molecule has 0 aliphatic rings. The first-order valence-electron chi connectivity index (χ1n) is 5.84. The van der Waals surface area contributed by atoms with Crippen LogP contribution in [0.1, 0.15) is 10.4 Å². The Morgan fingerprint density at radius 1 is 1.43 bits per heavy atom. The lowest BCUT2D eigenvalue weighted by Gasteiger charge is -2.04. The smallest absolute Gasteiger partial charge is 0.327 e. The van der Waals surface area contributed by atoms with Gasteiger partial charge in [0.25, 0.3) is 5.91 Å². The zero-order chi connectivity index (χ0) is 15.4. The number of ether oxygens (including phenoxy) is 1. The summed E-state index contributed by atoms with van der Waals surface area (Å²) in [6, 6.07) is 4.90. The summed E-state index contributed by atoms with van der Waals surface area (Å²) in [4.78, 5) is 23.2. The van der Waals surface area contributed by atoms with E-state index in [1.807, 2.05) is 0 Å². The van der Waals surface area contributed by atoms with E-state index in [1.165, 1.54) is 24.2 Å². The van der Waals surface area contributed by atoms with Gasteiger partial charge >= 0.3 is 5.97 Å². The molecule has 0 radical (unpaired) electrons. The maximum absolute atomic E-state index is 12.1. The number of carbonyl (C=O) groups is 2. The second kappa shape index (κ2) is 6.73. The van der Waals surface area contributed by atoms with Gasteiger partial charge in [-0.2, -0.15) is 5.10 Å². The number of halogens is 2. The molecular weight excluding hydrogens is 362 g/mol. The first-order valence-corrected chi connectivity index (χ1v) is 7.02. The van der Waals surface area contributed by atoms with E-state index in [0.29, 0.717) is 20.7 Å². The highest BCUT2D eigenvalue weighted by atomic mass is 79.9. The maximum Gasteiger partial charge on any atom is 0.327 e. The molecule has 0 aliphatic heterocycles. The summed E-state index contributed by atoms with van der Waals surface area (Å²) in [6.07, 6.45) is 2.98. The number of benzene rings is 1. The summed E-state index contributed by atoms with van der Waals surface area (Å²) in [6.45, 7) is -0.0188. The van der Waals surface area contributed by atoms with Gasteiger partial charge in [-0.3, -0.25) is 14.3 Å². The minimum Gasteiger partial charge on any atom is -0.468 e. The molecular formula is C13H11BrClN3O3. The molecule has 1 aromatic heterocycles. The van der Waals surface area contributed by atoms with Gasteiger partial charge < -0.3 is 10.1 Å². The van der Waals surface area contributed by atoms with Crippen LogP contribution in [0.15, 0.2) is 35.1 Å². The number of hydrogen-bond donors (Lipinski definition) is 1. The lowest BCUT2D eigenvalue weighted by atomic mass is 10.2. The number of methoxy groups -OCH3 is 1. The molecule has 2 aromatic rings. The summed E-state index contributed by atoms with van der Waals surface area (Å²) in [5.74, 6) is -0.745. The van der Waals surface area contributed by atoms with E-state index in [2.05, 4.69) is 31.1 Å². The Hall–Kier alpha value is -1.86. The van der Waals surface area contributed by atoms with Gasteiger partial charge in [-0.15, -0.1) is 0 Å². The molecule has 0 unspecified atom stereocenters. The molecule has 0 bridgehead atoms. The van der Waals surface area contributed by atoms with Gasteiger partial charge in [-0.05, 0) is 18.2 Å². The van der Waals surface area contributed by atoms with Crippen LogP contribution in [0.2, 0.25) is 5.02 Å². The number of carbonyl (C=O) groups excluding carboxylic acids is 2. The number of nitrogens with zero attached hydrogens (tertiary/aromatic N) is 2. The number of amides is 1. The highest BCUT2D eigenvalue weighted by Gasteiger charge is 2.10. The second-order valence-electron chi connectivity index (χ2n) is 4.11. The predicted octanol–water partition coefficient (Wildman–Crippen LogP) is 2.72. The minimum absolute atomic E-state index is 0.0188. The van der Waals surface area contributed by atoms with Crippen molar-refractivity contribution >= 4 is 45.1 Å². The number of esters is 1. The fraction of sp³-hybridized carbons (Fsp3) is 0.154. The Morgan fingerprint density at radius 3 is 2.86 bits per heavy atom. The first-order chi connectivity index (χ1) is 9.97. The Bertz CT molecular complexity index is 667. The van der Waals surface area contributed by atoms with Crippen molar-refractivity contribution in [3.05, 3.63) is 45.7 Å². The van der Waals surface area contributed by atoms with Crippen LogP contribution in [0.4, 0.5) is 5.69 Å². The van der Waals surface area contributed by atoms with E-state index in [9.17, 15) is 9.59 Å². The molecule has 1 N–H and O–H groups in total. The number of hydrogen-bond acceptors (Lipinski definition) is 4. The van der Waals surface area contributed by atoms with Crippen molar-refractivity contribution in [1.29, 1.82) is 0 Å². The van der Waals surface area contributed by atoms with E-state index in [1.54, 1.807) is 18.2 Å². The van der Waals surface area contributed by atoms with Crippen molar-refractivity contribution < 1.29 is 14.3 Å². The van der Waals surface area contributed by atoms with Crippen molar-refractivity contribution in [3.8, 4) is 0 Å². The van der Waals surface area contributed by atoms with E-state index in [0.717, 1.165) is 0 Å². The molecule has 1 amide bonds. The van der Waals surface area contributed by atoms with Crippen LogP contribution in [0.5, 0.6) is 0 Å². The van der Waals surface area contributed by atoms with Gasteiger partial charge in [0.05, 0.1) is 19.0 Å². The summed E-state index contributed by atoms with van der Waals surface area (Å²) in [5, 5.41) is 7.08. The summed E-state index contributed by atoms with van der Waals surface area (Å²) < 4.78 is 6.61. The lowest BCUT2D eigenvalue weighted by Crippen LogP contribution is -2.13. The maximum atomic E-state index is 12.1. The van der Waals surface area contributed by atoms with E-state index in [-0.39, 0.29) is 12.5 Å². The molecule has 2 rings (SSSR count). The monoisotopic (exact) mass is 371 g/mol. The number of rotatable bonds is 4. The molecule has 110 valence electrons. The zero-order valence-electron chi connectivity index (χ0n) is 11.0. The van der Waals surface area contributed by atoms with Crippen LogP contribution in [0.25, 0.3) is 0 Å². The molecule has 1 aromatic carbocycles. The fourth-order valence-corrected chi connectivity index (χ4v) is 2.46. The number of nitrogens with one attached hydrogen (secondary N) is 1. The second-order valence-corrected chi connectivity index (χ2v) is 5.47. The molecule has 8 heteroatoms. The molecule has 0 saturated heterocycles. The molecule has 21 heavy (non-hydrogen) atoms. The van der Waals surface area contributed by atoms with Crippen LogP contribution in [0.3, 0.4) is 0 Å². The predicted molar refractivity (Wildman–Crippen MR) is 81.3 cm³/mol. The molecule has 0 atom stereocenters. The Balaban J connectivity index is 2.07. The van der Waals surface area contributed by atoms with Gasteiger partial charge in [0.15, 0.2) is 0 Å². The fourth-order valence-electron chi connectivity index (χ4n) is 1.60. The average molecular weight is 373 g/mol. The normalized spacial score (nSPS) is 10.2. The zero-order valence-corrected chi connectivity index (χ0v) is 13.3. The molecule has 0 fully saturated rings. The van der Waals surface area contributed by atoms with Crippen LogP contribution in [0, 0.1) is 0 Å². The molecule has 0 saturated carbocycles. The SMILES string of the molecule is COC(=O)Cn1cc(NC(=O)c2cc(Cl)cc(Br)c2)cn1. The summed E-state index contributed by atoms with van der Waals surface area (Å²) in [5.41, 5.74) is 0.884. The van der Waals surface area contributed by atoms with Crippen LogP contribution in [-0.4, -0.2) is 28.8 Å². The van der Waals surface area contributed by atoms with Crippen molar-refractivity contribution in [1.82, 2.24) is 9.78 Å². The lowest BCUT2D eigenvalue weighted by molar-refractivity contribution is -0.141. The van der Waals surface area contributed by atoms with Crippen molar-refractivity contribution in [2.45, 2.75) is 6.54 Å². The molecule has 1 heterocycles. The Labute approximate surface area is 134 Å². The standard InChI is InChI=1S/C13H11BrClN3O3/c1-21-12(19)7-18-6-11(5-16-18)17-13(20)8-2-9(14)4-10(15)3-8/h2-6H,7H2,1H3,(H,17,20). The summed E-state index contributed by atoms with van der Waals surface area (Å²) in [7, 11) is 1.30. The Morgan fingerprint density at radius 2 is 2.19 bits per heavy atom. The average Bonchev–Trinajstić information content (AvgIpc) is 2.84. The van der Waals surface area contributed by atoms with Crippen LogP contribution >= 0.6 is 27.5 Å². The van der Waals surface area contributed by atoms with Gasteiger partial charge in [-0.25, -0.2) is 0 Å². The third-order valence-corrected chi connectivity index (χ3v) is 3.21. The van der Waals surface area contributed by atoms with E-state index in [4.69, 9.17) is 11.6 Å². The minimum atomic E-state index is -0.422. The van der Waals surface area contributed by atoms with Crippen LogP contribution < -0.4 is 5.32 Å². The number of aromatic nitrogens is 2.